The third kappa shape index (κ3) is 6.52. The number of esters is 1. The van der Waals surface area contributed by atoms with E-state index < -0.39 is 42.8 Å². The molecule has 0 saturated heterocycles. The van der Waals surface area contributed by atoms with Crippen molar-refractivity contribution >= 4 is 11.9 Å². The number of rotatable bonds is 9. The standard InChI is InChI=1S/C23H34O7/c1-4-13(2)23(29)30-20-11-17(25)9-15-6-5-14(3)19(22(15)20)8-7-16(24)10-18(26)12-21(27)28/h4-6,9,14,16-20,22,24-26H,7-8,10-12H2,1-3H3,(H,27,28)/b13-4+/t14-,16+,17+,18+,19-,20-,22?/m0/s1. The number of fused-ring (bicyclic) bond motifs is 1. The molecular weight excluding hydrogens is 388 g/mol. The highest BCUT2D eigenvalue weighted by atomic mass is 16.5. The number of hydrogen-bond acceptors (Lipinski definition) is 6. The number of aliphatic hydroxyl groups is 3. The van der Waals surface area contributed by atoms with Crippen molar-refractivity contribution in [3.05, 3.63) is 35.5 Å². The quantitative estimate of drug-likeness (QED) is 0.332. The molecular formula is C23H34O7. The van der Waals surface area contributed by atoms with Crippen LogP contribution in [-0.4, -0.2) is 56.8 Å². The summed E-state index contributed by atoms with van der Waals surface area (Å²) in [6.45, 7) is 5.54. The average molecular weight is 423 g/mol. The number of allylic oxidation sites excluding steroid dienone is 3. The normalized spacial score (nSPS) is 30.8. The topological polar surface area (TPSA) is 124 Å². The monoisotopic (exact) mass is 422 g/mol. The van der Waals surface area contributed by atoms with Crippen molar-refractivity contribution in [1.82, 2.24) is 0 Å². The van der Waals surface area contributed by atoms with Crippen LogP contribution in [0.15, 0.2) is 35.5 Å². The third-order valence-corrected chi connectivity index (χ3v) is 6.17. The van der Waals surface area contributed by atoms with Gasteiger partial charge in [0, 0.05) is 17.9 Å². The number of carboxylic acids is 1. The summed E-state index contributed by atoms with van der Waals surface area (Å²) in [5.41, 5.74) is 1.45. The summed E-state index contributed by atoms with van der Waals surface area (Å²) in [6.07, 6.45) is 5.46. The second-order valence-corrected chi connectivity index (χ2v) is 8.51. The predicted molar refractivity (Wildman–Crippen MR) is 111 cm³/mol. The molecule has 2 aliphatic rings. The van der Waals surface area contributed by atoms with Crippen LogP contribution in [0.25, 0.3) is 0 Å². The smallest absolute Gasteiger partial charge is 0.333 e. The summed E-state index contributed by atoms with van der Waals surface area (Å²) in [4.78, 5) is 23.1. The average Bonchev–Trinajstić information content (AvgIpc) is 2.65. The zero-order valence-electron chi connectivity index (χ0n) is 17.9. The molecule has 0 saturated carbocycles. The third-order valence-electron chi connectivity index (χ3n) is 6.17. The maximum atomic E-state index is 12.4. The van der Waals surface area contributed by atoms with Crippen LogP contribution in [0.5, 0.6) is 0 Å². The van der Waals surface area contributed by atoms with E-state index in [1.54, 1.807) is 26.0 Å². The number of ether oxygens (including phenoxy) is 1. The first-order valence-corrected chi connectivity index (χ1v) is 10.6. The number of carbonyl (C=O) groups is 2. The first-order valence-electron chi connectivity index (χ1n) is 10.6. The van der Waals surface area contributed by atoms with Gasteiger partial charge in [-0.2, -0.15) is 0 Å². The van der Waals surface area contributed by atoms with E-state index in [9.17, 15) is 24.9 Å². The summed E-state index contributed by atoms with van der Waals surface area (Å²) in [6, 6.07) is 0. The van der Waals surface area contributed by atoms with E-state index >= 15 is 0 Å². The van der Waals surface area contributed by atoms with Crippen molar-refractivity contribution in [2.75, 3.05) is 0 Å². The van der Waals surface area contributed by atoms with Crippen LogP contribution in [0.4, 0.5) is 0 Å². The molecule has 0 aromatic carbocycles. The molecule has 0 heterocycles. The molecule has 7 nitrogen and oxygen atoms in total. The Morgan fingerprint density at radius 2 is 2.00 bits per heavy atom. The minimum absolute atomic E-state index is 0.00816. The Morgan fingerprint density at radius 3 is 2.63 bits per heavy atom. The summed E-state index contributed by atoms with van der Waals surface area (Å²) in [5.74, 6) is -1.31. The molecule has 168 valence electrons. The molecule has 0 aliphatic heterocycles. The van der Waals surface area contributed by atoms with Crippen LogP contribution >= 0.6 is 0 Å². The Balaban J connectivity index is 2.11. The predicted octanol–water partition coefficient (Wildman–Crippen LogP) is 2.36. The highest BCUT2D eigenvalue weighted by Crippen LogP contribution is 2.44. The zero-order valence-corrected chi connectivity index (χ0v) is 17.9. The SMILES string of the molecule is C/C=C(\C)C(=O)O[C@H]1C[C@H](O)C=C2C=C[C@H](C)[C@H](CC[C@@H](O)C[C@@H](O)CC(=O)O)C21. The van der Waals surface area contributed by atoms with Crippen LogP contribution in [0, 0.1) is 17.8 Å². The molecule has 1 unspecified atom stereocenters. The fraction of sp³-hybridized carbons (Fsp3) is 0.652. The lowest BCUT2D eigenvalue weighted by molar-refractivity contribution is -0.150. The van der Waals surface area contributed by atoms with Gasteiger partial charge in [-0.25, -0.2) is 4.79 Å². The minimum atomic E-state index is -1.10. The van der Waals surface area contributed by atoms with Crippen molar-refractivity contribution < 1.29 is 34.8 Å². The van der Waals surface area contributed by atoms with E-state index in [0.717, 1.165) is 5.57 Å². The molecule has 0 amide bonds. The lowest BCUT2D eigenvalue weighted by atomic mass is 9.66. The van der Waals surface area contributed by atoms with Gasteiger partial charge in [0.1, 0.15) is 6.10 Å². The van der Waals surface area contributed by atoms with Crippen molar-refractivity contribution in [2.24, 2.45) is 17.8 Å². The molecule has 2 aliphatic carbocycles. The Labute approximate surface area is 177 Å². The number of hydrogen-bond donors (Lipinski definition) is 4. The first kappa shape index (κ1) is 24.3. The van der Waals surface area contributed by atoms with Gasteiger partial charge >= 0.3 is 11.9 Å². The van der Waals surface area contributed by atoms with Gasteiger partial charge < -0.3 is 25.2 Å². The lowest BCUT2D eigenvalue weighted by Crippen LogP contribution is -2.42. The van der Waals surface area contributed by atoms with Gasteiger partial charge in [-0.15, -0.1) is 0 Å². The van der Waals surface area contributed by atoms with Crippen LogP contribution in [-0.2, 0) is 14.3 Å². The van der Waals surface area contributed by atoms with E-state index in [1.807, 2.05) is 6.08 Å². The van der Waals surface area contributed by atoms with Crippen LogP contribution < -0.4 is 0 Å². The molecule has 4 N–H and O–H groups in total. The maximum Gasteiger partial charge on any atom is 0.333 e. The number of aliphatic hydroxyl groups excluding tert-OH is 3. The van der Waals surface area contributed by atoms with Crippen molar-refractivity contribution in [3.8, 4) is 0 Å². The summed E-state index contributed by atoms with van der Waals surface area (Å²) < 4.78 is 5.77. The van der Waals surface area contributed by atoms with Crippen molar-refractivity contribution in [3.63, 3.8) is 0 Å². The minimum Gasteiger partial charge on any atom is -0.481 e. The van der Waals surface area contributed by atoms with Gasteiger partial charge in [0.15, 0.2) is 0 Å². The van der Waals surface area contributed by atoms with E-state index in [1.165, 1.54) is 0 Å². The first-order chi connectivity index (χ1) is 14.1. The maximum absolute atomic E-state index is 12.4. The van der Waals surface area contributed by atoms with Gasteiger partial charge in [-0.3, -0.25) is 4.79 Å². The fourth-order valence-corrected chi connectivity index (χ4v) is 4.44. The molecule has 2 rings (SSSR count). The highest BCUT2D eigenvalue weighted by Gasteiger charge is 2.42. The molecule has 0 spiro atoms. The van der Waals surface area contributed by atoms with Gasteiger partial charge in [0.2, 0.25) is 0 Å². The van der Waals surface area contributed by atoms with Gasteiger partial charge in [-0.1, -0.05) is 31.2 Å². The molecule has 0 fully saturated rings. The Kier molecular flexibility index (Phi) is 8.82. The van der Waals surface area contributed by atoms with Crippen LogP contribution in [0.1, 0.15) is 52.9 Å². The zero-order chi connectivity index (χ0) is 22.4. The van der Waals surface area contributed by atoms with Crippen LogP contribution in [0.2, 0.25) is 0 Å². The van der Waals surface area contributed by atoms with E-state index in [4.69, 9.17) is 9.84 Å². The van der Waals surface area contributed by atoms with Gasteiger partial charge in [0.05, 0.1) is 24.7 Å². The number of aliphatic carboxylic acids is 1. The highest BCUT2D eigenvalue weighted by molar-refractivity contribution is 5.87. The summed E-state index contributed by atoms with van der Waals surface area (Å²) in [7, 11) is 0. The molecule has 30 heavy (non-hydrogen) atoms. The lowest BCUT2D eigenvalue weighted by Gasteiger charge is -2.42. The van der Waals surface area contributed by atoms with Gasteiger partial charge in [0.25, 0.3) is 0 Å². The number of carbonyl (C=O) groups excluding carboxylic acids is 1. The number of carboxylic acid groups (broad SMARTS) is 1. The molecule has 7 atom stereocenters. The van der Waals surface area contributed by atoms with Crippen LogP contribution in [0.3, 0.4) is 0 Å². The fourth-order valence-electron chi connectivity index (χ4n) is 4.44. The molecule has 0 aromatic rings. The summed E-state index contributed by atoms with van der Waals surface area (Å²) in [5, 5.41) is 39.0. The molecule has 0 bridgehead atoms. The summed E-state index contributed by atoms with van der Waals surface area (Å²) >= 11 is 0. The Hall–Kier alpha value is -1.96. The van der Waals surface area contributed by atoms with E-state index in [-0.39, 0.29) is 24.2 Å². The van der Waals surface area contributed by atoms with E-state index in [2.05, 4.69) is 13.0 Å². The van der Waals surface area contributed by atoms with Crippen molar-refractivity contribution in [2.45, 2.75) is 77.3 Å². The second kappa shape index (κ2) is 10.9. The molecule has 0 radical (unpaired) electrons. The van der Waals surface area contributed by atoms with Crippen molar-refractivity contribution in [1.29, 1.82) is 0 Å². The second-order valence-electron chi connectivity index (χ2n) is 8.51. The van der Waals surface area contributed by atoms with E-state index in [0.29, 0.717) is 24.8 Å². The Bertz CT molecular complexity index is 708. The molecule has 0 aromatic heterocycles. The largest absolute Gasteiger partial charge is 0.481 e. The Morgan fingerprint density at radius 1 is 1.30 bits per heavy atom. The van der Waals surface area contributed by atoms with Gasteiger partial charge in [-0.05, 0) is 50.5 Å². The molecule has 7 heteroatoms.